The van der Waals surface area contributed by atoms with Crippen LogP contribution in [0.25, 0.3) is 0 Å². The number of hydrogen-bond donors (Lipinski definition) is 1. The predicted molar refractivity (Wildman–Crippen MR) is 69.6 cm³/mol. The van der Waals surface area contributed by atoms with E-state index in [0.29, 0.717) is 23.8 Å². The summed E-state index contributed by atoms with van der Waals surface area (Å²) in [5, 5.41) is 3.53. The summed E-state index contributed by atoms with van der Waals surface area (Å²) in [5.41, 5.74) is 0.904. The summed E-state index contributed by atoms with van der Waals surface area (Å²) < 4.78 is 13.8. The van der Waals surface area contributed by atoms with Gasteiger partial charge in [0.1, 0.15) is 5.82 Å². The Morgan fingerprint density at radius 2 is 1.94 bits per heavy atom. The molecule has 1 aliphatic carbocycles. The zero-order valence-corrected chi connectivity index (χ0v) is 10.9. The minimum Gasteiger partial charge on any atom is -0.314 e. The van der Waals surface area contributed by atoms with Crippen molar-refractivity contribution in [3.63, 3.8) is 0 Å². The lowest BCUT2D eigenvalue weighted by Gasteiger charge is -2.51. The van der Waals surface area contributed by atoms with Crippen molar-refractivity contribution in [3.8, 4) is 0 Å². The van der Waals surface area contributed by atoms with Crippen LogP contribution in [0.5, 0.6) is 0 Å². The Kier molecular flexibility index (Phi) is 3.82. The van der Waals surface area contributed by atoms with Gasteiger partial charge in [-0.3, -0.25) is 0 Å². The second-order valence-electron chi connectivity index (χ2n) is 5.06. The van der Waals surface area contributed by atoms with E-state index in [-0.39, 0.29) is 5.82 Å². The van der Waals surface area contributed by atoms with Gasteiger partial charge in [-0.15, -0.1) is 0 Å². The fraction of sp³-hybridized carbons (Fsp3) is 0.600. The van der Waals surface area contributed by atoms with E-state index in [9.17, 15) is 4.39 Å². The molecule has 0 heterocycles. The molecule has 0 radical (unpaired) electrons. The first-order valence-electron chi connectivity index (χ1n) is 6.68. The lowest BCUT2D eigenvalue weighted by molar-refractivity contribution is 0.0775. The largest absolute Gasteiger partial charge is 0.314 e. The van der Waals surface area contributed by atoms with E-state index in [2.05, 4.69) is 26.1 Å². The number of nitrogens with one attached hydrogen (secondary N) is 1. The third-order valence-corrected chi connectivity index (χ3v) is 4.23. The van der Waals surface area contributed by atoms with Gasteiger partial charge < -0.3 is 5.32 Å². The SMILES string of the molecule is CCNC1C(C)C(c2ccccc2F)C1CC. The van der Waals surface area contributed by atoms with E-state index < -0.39 is 0 Å². The second kappa shape index (κ2) is 5.18. The molecule has 1 aromatic rings. The molecular weight excluding hydrogens is 213 g/mol. The molecular formula is C15H22FN. The van der Waals surface area contributed by atoms with Gasteiger partial charge in [-0.2, -0.15) is 0 Å². The van der Waals surface area contributed by atoms with Crippen LogP contribution in [0.3, 0.4) is 0 Å². The highest BCUT2D eigenvalue weighted by Crippen LogP contribution is 2.49. The molecule has 0 amide bonds. The smallest absolute Gasteiger partial charge is 0.126 e. The number of halogens is 1. The molecule has 0 aliphatic heterocycles. The summed E-state index contributed by atoms with van der Waals surface area (Å²) in [6.45, 7) is 7.57. The Balaban J connectivity index is 2.20. The van der Waals surface area contributed by atoms with Crippen LogP contribution in [0.1, 0.15) is 38.7 Å². The first-order valence-corrected chi connectivity index (χ1v) is 6.68. The average Bonchev–Trinajstić information content (AvgIpc) is 2.34. The van der Waals surface area contributed by atoms with Crippen LogP contribution in [0, 0.1) is 17.7 Å². The standard InChI is InChI=1S/C15H22FN/c1-4-11-14(10(3)15(11)17-5-2)12-8-6-7-9-13(12)16/h6-11,14-15,17H,4-5H2,1-3H3. The van der Waals surface area contributed by atoms with Crippen molar-refractivity contribution >= 4 is 0 Å². The van der Waals surface area contributed by atoms with Crippen LogP contribution in [0.15, 0.2) is 24.3 Å². The van der Waals surface area contributed by atoms with Gasteiger partial charge in [0.05, 0.1) is 0 Å². The first-order chi connectivity index (χ1) is 8.20. The number of rotatable bonds is 4. The highest BCUT2D eigenvalue weighted by atomic mass is 19.1. The summed E-state index contributed by atoms with van der Waals surface area (Å²) >= 11 is 0. The minimum absolute atomic E-state index is 0.0438. The van der Waals surface area contributed by atoms with E-state index in [1.807, 2.05) is 12.1 Å². The Bertz CT molecular complexity index is 377. The maximum absolute atomic E-state index is 13.8. The van der Waals surface area contributed by atoms with Crippen LogP contribution in [-0.4, -0.2) is 12.6 Å². The van der Waals surface area contributed by atoms with Gasteiger partial charge in [0.2, 0.25) is 0 Å². The zero-order chi connectivity index (χ0) is 12.4. The van der Waals surface area contributed by atoms with Gasteiger partial charge >= 0.3 is 0 Å². The molecule has 1 aromatic carbocycles. The third kappa shape index (κ3) is 2.11. The topological polar surface area (TPSA) is 12.0 Å². The Morgan fingerprint density at radius 1 is 1.24 bits per heavy atom. The predicted octanol–water partition coefficient (Wildman–Crippen LogP) is 3.56. The normalized spacial score (nSPS) is 32.2. The van der Waals surface area contributed by atoms with E-state index in [1.54, 1.807) is 12.1 Å². The van der Waals surface area contributed by atoms with E-state index in [0.717, 1.165) is 18.5 Å². The number of benzene rings is 1. The van der Waals surface area contributed by atoms with Crippen molar-refractivity contribution in [2.75, 3.05) is 6.54 Å². The van der Waals surface area contributed by atoms with Gasteiger partial charge in [-0.1, -0.05) is 45.4 Å². The monoisotopic (exact) mass is 235 g/mol. The molecule has 1 nitrogen and oxygen atoms in total. The van der Waals surface area contributed by atoms with Crippen LogP contribution >= 0.6 is 0 Å². The van der Waals surface area contributed by atoms with Crippen LogP contribution in [0.2, 0.25) is 0 Å². The van der Waals surface area contributed by atoms with Crippen molar-refractivity contribution in [2.24, 2.45) is 11.8 Å². The highest BCUT2D eigenvalue weighted by Gasteiger charge is 2.47. The first kappa shape index (κ1) is 12.6. The minimum atomic E-state index is -0.0438. The second-order valence-corrected chi connectivity index (χ2v) is 5.06. The molecule has 1 aliphatic rings. The molecule has 0 saturated heterocycles. The van der Waals surface area contributed by atoms with Crippen molar-refractivity contribution in [3.05, 3.63) is 35.6 Å². The van der Waals surface area contributed by atoms with Gasteiger partial charge in [-0.05, 0) is 35.9 Å². The van der Waals surface area contributed by atoms with Crippen molar-refractivity contribution in [2.45, 2.75) is 39.2 Å². The third-order valence-electron chi connectivity index (χ3n) is 4.23. The summed E-state index contributed by atoms with van der Waals surface area (Å²) in [5.74, 6) is 1.43. The average molecular weight is 235 g/mol. The van der Waals surface area contributed by atoms with Crippen LogP contribution in [-0.2, 0) is 0 Å². The zero-order valence-electron chi connectivity index (χ0n) is 10.9. The highest BCUT2D eigenvalue weighted by molar-refractivity contribution is 5.28. The maximum atomic E-state index is 13.8. The van der Waals surface area contributed by atoms with Gasteiger partial charge in [-0.25, -0.2) is 4.39 Å². The molecule has 17 heavy (non-hydrogen) atoms. The Labute approximate surface area is 103 Å². The maximum Gasteiger partial charge on any atom is 0.126 e. The van der Waals surface area contributed by atoms with E-state index in [1.165, 1.54) is 0 Å². The molecule has 4 unspecified atom stereocenters. The number of hydrogen-bond acceptors (Lipinski definition) is 1. The lowest BCUT2D eigenvalue weighted by atomic mass is 9.58. The fourth-order valence-electron chi connectivity index (χ4n) is 3.42. The van der Waals surface area contributed by atoms with Crippen molar-refractivity contribution < 1.29 is 4.39 Å². The Hall–Kier alpha value is -0.890. The summed E-state index contributed by atoms with van der Waals surface area (Å²) in [6.07, 6.45) is 1.11. The molecule has 0 aromatic heterocycles. The molecule has 0 spiro atoms. The molecule has 1 fully saturated rings. The van der Waals surface area contributed by atoms with Crippen LogP contribution < -0.4 is 5.32 Å². The van der Waals surface area contributed by atoms with Crippen molar-refractivity contribution in [1.82, 2.24) is 5.32 Å². The molecule has 1 saturated carbocycles. The molecule has 2 rings (SSSR count). The Morgan fingerprint density at radius 3 is 2.53 bits per heavy atom. The summed E-state index contributed by atoms with van der Waals surface area (Å²) in [6, 6.07) is 7.79. The lowest BCUT2D eigenvalue weighted by Crippen LogP contribution is -2.56. The van der Waals surface area contributed by atoms with E-state index >= 15 is 0 Å². The quantitative estimate of drug-likeness (QED) is 0.841. The van der Waals surface area contributed by atoms with Gasteiger partial charge in [0, 0.05) is 6.04 Å². The summed E-state index contributed by atoms with van der Waals surface area (Å²) in [7, 11) is 0. The van der Waals surface area contributed by atoms with E-state index in [4.69, 9.17) is 0 Å². The molecule has 1 N–H and O–H groups in total. The summed E-state index contributed by atoms with van der Waals surface area (Å²) in [4.78, 5) is 0. The van der Waals surface area contributed by atoms with Gasteiger partial charge in [0.25, 0.3) is 0 Å². The molecule has 4 atom stereocenters. The molecule has 0 bridgehead atoms. The molecule has 94 valence electrons. The fourth-order valence-corrected chi connectivity index (χ4v) is 3.42. The van der Waals surface area contributed by atoms with Crippen LogP contribution in [0.4, 0.5) is 4.39 Å². The van der Waals surface area contributed by atoms with Gasteiger partial charge in [0.15, 0.2) is 0 Å². The van der Waals surface area contributed by atoms with Crippen molar-refractivity contribution in [1.29, 1.82) is 0 Å². The molecule has 2 heteroatoms.